The lowest BCUT2D eigenvalue weighted by molar-refractivity contribution is -0.137. The molecule has 2 aliphatic rings. The van der Waals surface area contributed by atoms with E-state index in [0.29, 0.717) is 5.56 Å². The quantitative estimate of drug-likeness (QED) is 0.915. The van der Waals surface area contributed by atoms with Gasteiger partial charge in [-0.25, -0.2) is 0 Å². The molecular weight excluding hydrogens is 254 g/mol. The van der Waals surface area contributed by atoms with Gasteiger partial charge in [-0.15, -0.1) is 0 Å². The molecule has 4 nitrogen and oxygen atoms in total. The van der Waals surface area contributed by atoms with E-state index < -0.39 is 5.97 Å². The summed E-state index contributed by atoms with van der Waals surface area (Å²) in [6.45, 7) is -0.194. The van der Waals surface area contributed by atoms with Gasteiger partial charge in [-0.2, -0.15) is 0 Å². The summed E-state index contributed by atoms with van der Waals surface area (Å²) < 4.78 is 0. The van der Waals surface area contributed by atoms with Gasteiger partial charge in [-0.3, -0.25) is 9.59 Å². The van der Waals surface area contributed by atoms with Gasteiger partial charge >= 0.3 is 5.97 Å². The molecule has 0 bridgehead atoms. The number of aryl methyl sites for hydroxylation is 2. The zero-order valence-electron chi connectivity index (χ0n) is 11.5. The Morgan fingerprint density at radius 1 is 1.15 bits per heavy atom. The smallest absolute Gasteiger partial charge is 0.323 e. The fraction of sp³-hybridized carbons (Fsp3) is 0.500. The Morgan fingerprint density at radius 3 is 2.50 bits per heavy atom. The van der Waals surface area contributed by atoms with Crippen molar-refractivity contribution in [3.63, 3.8) is 0 Å². The zero-order valence-corrected chi connectivity index (χ0v) is 11.5. The predicted octanol–water partition coefficient (Wildman–Crippen LogP) is 2.25. The van der Waals surface area contributed by atoms with Crippen molar-refractivity contribution < 1.29 is 14.7 Å². The maximum atomic E-state index is 12.5. The van der Waals surface area contributed by atoms with Crippen LogP contribution in [0.4, 0.5) is 0 Å². The molecule has 1 fully saturated rings. The van der Waals surface area contributed by atoms with Gasteiger partial charge in [0.05, 0.1) is 0 Å². The standard InChI is InChI=1S/C16H19NO3/c18-15(19)10-17(14-7-8-14)16(20)13-6-5-11-3-1-2-4-12(11)9-13/h5-6,9,14H,1-4,7-8,10H2,(H,18,19). The van der Waals surface area contributed by atoms with Crippen LogP contribution < -0.4 is 0 Å². The Bertz CT molecular complexity index is 549. The number of fused-ring (bicyclic) bond motifs is 1. The van der Waals surface area contributed by atoms with E-state index in [1.807, 2.05) is 18.2 Å². The molecule has 3 rings (SSSR count). The Hall–Kier alpha value is -1.84. The van der Waals surface area contributed by atoms with Gasteiger partial charge in [0.25, 0.3) is 5.91 Å². The Labute approximate surface area is 118 Å². The van der Waals surface area contributed by atoms with Crippen molar-refractivity contribution in [2.45, 2.75) is 44.6 Å². The van der Waals surface area contributed by atoms with Crippen LogP contribution in [-0.2, 0) is 17.6 Å². The Kier molecular flexibility index (Phi) is 3.47. The largest absolute Gasteiger partial charge is 0.480 e. The molecular formula is C16H19NO3. The number of nitrogens with zero attached hydrogens (tertiary/aromatic N) is 1. The predicted molar refractivity (Wildman–Crippen MR) is 74.8 cm³/mol. The fourth-order valence-corrected chi connectivity index (χ4v) is 2.93. The number of rotatable bonds is 4. The van der Waals surface area contributed by atoms with E-state index in [2.05, 4.69) is 0 Å². The molecule has 0 radical (unpaired) electrons. The van der Waals surface area contributed by atoms with Crippen molar-refractivity contribution in [1.82, 2.24) is 4.90 Å². The molecule has 0 atom stereocenters. The zero-order chi connectivity index (χ0) is 14.1. The number of hydrogen-bond donors (Lipinski definition) is 1. The van der Waals surface area contributed by atoms with Crippen molar-refractivity contribution in [1.29, 1.82) is 0 Å². The van der Waals surface area contributed by atoms with Gasteiger partial charge in [-0.05, 0) is 61.8 Å². The average Bonchev–Trinajstić information content (AvgIpc) is 3.28. The van der Waals surface area contributed by atoms with Crippen LogP contribution >= 0.6 is 0 Å². The van der Waals surface area contributed by atoms with Crippen LogP contribution in [-0.4, -0.2) is 34.5 Å². The first-order chi connectivity index (χ1) is 9.65. The normalized spacial score (nSPS) is 17.4. The SMILES string of the molecule is O=C(O)CN(C(=O)c1ccc2c(c1)CCCC2)C1CC1. The van der Waals surface area contributed by atoms with Crippen LogP contribution in [0.15, 0.2) is 18.2 Å². The van der Waals surface area contributed by atoms with E-state index in [1.165, 1.54) is 28.9 Å². The second-order valence-corrected chi connectivity index (χ2v) is 5.75. The first kappa shape index (κ1) is 13.2. The molecule has 0 aromatic heterocycles. The maximum absolute atomic E-state index is 12.5. The number of aliphatic carboxylic acids is 1. The van der Waals surface area contributed by atoms with Crippen LogP contribution in [0.5, 0.6) is 0 Å². The molecule has 0 spiro atoms. The number of benzene rings is 1. The third kappa shape index (κ3) is 2.69. The second-order valence-electron chi connectivity index (χ2n) is 5.75. The van der Waals surface area contributed by atoms with Crippen molar-refractivity contribution in [2.24, 2.45) is 0 Å². The lowest BCUT2D eigenvalue weighted by atomic mass is 9.90. The van der Waals surface area contributed by atoms with Gasteiger partial charge in [0.2, 0.25) is 0 Å². The minimum Gasteiger partial charge on any atom is -0.480 e. The molecule has 0 saturated heterocycles. The molecule has 4 heteroatoms. The number of carbonyl (C=O) groups excluding carboxylic acids is 1. The Morgan fingerprint density at radius 2 is 1.85 bits per heavy atom. The van der Waals surface area contributed by atoms with E-state index in [9.17, 15) is 9.59 Å². The highest BCUT2D eigenvalue weighted by atomic mass is 16.4. The third-order valence-electron chi connectivity index (χ3n) is 4.15. The highest BCUT2D eigenvalue weighted by Crippen LogP contribution is 2.29. The van der Waals surface area contributed by atoms with Crippen LogP contribution in [0.25, 0.3) is 0 Å². The molecule has 20 heavy (non-hydrogen) atoms. The van der Waals surface area contributed by atoms with Gasteiger partial charge in [0, 0.05) is 11.6 Å². The number of carboxylic acids is 1. The monoisotopic (exact) mass is 273 g/mol. The fourth-order valence-electron chi connectivity index (χ4n) is 2.93. The van der Waals surface area contributed by atoms with Crippen LogP contribution in [0.1, 0.15) is 47.2 Å². The van der Waals surface area contributed by atoms with Gasteiger partial charge in [0.1, 0.15) is 6.54 Å². The summed E-state index contributed by atoms with van der Waals surface area (Å²) in [5, 5.41) is 8.95. The molecule has 0 unspecified atom stereocenters. The van der Waals surface area contributed by atoms with Crippen molar-refractivity contribution in [3.05, 3.63) is 34.9 Å². The first-order valence-corrected chi connectivity index (χ1v) is 7.30. The summed E-state index contributed by atoms with van der Waals surface area (Å²) >= 11 is 0. The average molecular weight is 273 g/mol. The molecule has 1 N–H and O–H groups in total. The summed E-state index contributed by atoms with van der Waals surface area (Å²) in [6, 6.07) is 5.97. The third-order valence-corrected chi connectivity index (χ3v) is 4.15. The highest BCUT2D eigenvalue weighted by Gasteiger charge is 2.34. The number of carbonyl (C=O) groups is 2. The molecule has 1 aromatic carbocycles. The second kappa shape index (κ2) is 5.27. The minimum atomic E-state index is -0.941. The van der Waals surface area contributed by atoms with Crippen LogP contribution in [0, 0.1) is 0 Å². The molecule has 1 saturated carbocycles. The molecule has 2 aliphatic carbocycles. The number of hydrogen-bond acceptors (Lipinski definition) is 2. The summed E-state index contributed by atoms with van der Waals surface area (Å²) in [4.78, 5) is 24.9. The van der Waals surface area contributed by atoms with Gasteiger partial charge in [0.15, 0.2) is 0 Å². The van der Waals surface area contributed by atoms with Gasteiger partial charge in [-0.1, -0.05) is 6.07 Å². The summed E-state index contributed by atoms with van der Waals surface area (Å²) in [6.07, 6.45) is 6.34. The lowest BCUT2D eigenvalue weighted by Gasteiger charge is -2.22. The van der Waals surface area contributed by atoms with Crippen molar-refractivity contribution in [2.75, 3.05) is 6.54 Å². The maximum Gasteiger partial charge on any atom is 0.323 e. The molecule has 0 aliphatic heterocycles. The lowest BCUT2D eigenvalue weighted by Crippen LogP contribution is -2.37. The Balaban J connectivity index is 1.83. The molecule has 106 valence electrons. The van der Waals surface area contributed by atoms with Crippen molar-refractivity contribution >= 4 is 11.9 Å². The van der Waals surface area contributed by atoms with Crippen LogP contribution in [0.2, 0.25) is 0 Å². The van der Waals surface area contributed by atoms with E-state index in [0.717, 1.165) is 25.7 Å². The number of amides is 1. The van der Waals surface area contributed by atoms with E-state index in [4.69, 9.17) is 5.11 Å². The summed E-state index contributed by atoms with van der Waals surface area (Å²) in [7, 11) is 0. The van der Waals surface area contributed by atoms with Gasteiger partial charge < -0.3 is 10.0 Å². The number of carboxylic acid groups (broad SMARTS) is 1. The molecule has 1 aromatic rings. The summed E-state index contributed by atoms with van der Waals surface area (Å²) in [5.41, 5.74) is 3.23. The van der Waals surface area contributed by atoms with E-state index >= 15 is 0 Å². The van der Waals surface area contributed by atoms with E-state index in [1.54, 1.807) is 0 Å². The topological polar surface area (TPSA) is 57.6 Å². The van der Waals surface area contributed by atoms with Crippen molar-refractivity contribution in [3.8, 4) is 0 Å². The highest BCUT2D eigenvalue weighted by molar-refractivity contribution is 5.96. The van der Waals surface area contributed by atoms with Crippen LogP contribution in [0.3, 0.4) is 0 Å². The molecule has 1 amide bonds. The summed E-state index contributed by atoms with van der Waals surface area (Å²) in [5.74, 6) is -1.08. The van der Waals surface area contributed by atoms with E-state index in [-0.39, 0.29) is 18.5 Å². The minimum absolute atomic E-state index is 0.120. The molecule has 0 heterocycles. The first-order valence-electron chi connectivity index (χ1n) is 7.30.